The lowest BCUT2D eigenvalue weighted by Crippen LogP contribution is -2.31. The molecule has 1 aliphatic heterocycles. The molecule has 2 aromatic rings. The summed E-state index contributed by atoms with van der Waals surface area (Å²) in [5.41, 5.74) is 2.66. The highest BCUT2D eigenvalue weighted by Gasteiger charge is 2.23. The maximum absolute atomic E-state index is 4.72. The van der Waals surface area contributed by atoms with Gasteiger partial charge in [0.25, 0.3) is 0 Å². The Morgan fingerprint density at radius 3 is 3.00 bits per heavy atom. The highest BCUT2D eigenvalue weighted by atomic mass is 15.2. The lowest BCUT2D eigenvalue weighted by atomic mass is 9.94. The molecule has 1 aromatic heterocycles. The summed E-state index contributed by atoms with van der Waals surface area (Å²) in [6.07, 6.45) is 5.85. The van der Waals surface area contributed by atoms with E-state index in [0.29, 0.717) is 5.92 Å². The number of anilines is 3. The van der Waals surface area contributed by atoms with Gasteiger partial charge in [0, 0.05) is 18.8 Å². The molecule has 0 spiro atoms. The van der Waals surface area contributed by atoms with Gasteiger partial charge in [0.1, 0.15) is 5.82 Å². The first-order valence-corrected chi connectivity index (χ1v) is 7.69. The molecule has 21 heavy (non-hydrogen) atoms. The van der Waals surface area contributed by atoms with Crippen LogP contribution in [0.25, 0.3) is 0 Å². The number of hydrogen-bond donors (Lipinski definition) is 1. The third-order valence-corrected chi connectivity index (χ3v) is 3.80. The second-order valence-corrected chi connectivity index (χ2v) is 5.74. The Labute approximate surface area is 126 Å². The molecule has 2 heterocycles. The standard InChI is InChI=1S/C17H22N4/c1-3-8-19-16-10-18-11-17(20-16)21-12-13(2)9-14-6-4-5-7-15(14)21/h4-7,10-11,13H,3,8-9,12H2,1-2H3,(H,19,20). The van der Waals surface area contributed by atoms with Crippen LogP contribution in [0.1, 0.15) is 25.8 Å². The molecule has 4 heteroatoms. The van der Waals surface area contributed by atoms with E-state index < -0.39 is 0 Å². The molecule has 110 valence electrons. The minimum atomic E-state index is 0.619. The average molecular weight is 282 g/mol. The van der Waals surface area contributed by atoms with Gasteiger partial charge in [0.15, 0.2) is 5.82 Å². The third-order valence-electron chi connectivity index (χ3n) is 3.80. The first kappa shape index (κ1) is 13.9. The largest absolute Gasteiger partial charge is 0.369 e. The van der Waals surface area contributed by atoms with E-state index in [4.69, 9.17) is 4.98 Å². The van der Waals surface area contributed by atoms with Crippen molar-refractivity contribution in [2.45, 2.75) is 26.7 Å². The van der Waals surface area contributed by atoms with Gasteiger partial charge in [-0.3, -0.25) is 4.98 Å². The summed E-state index contributed by atoms with van der Waals surface area (Å²) in [6.45, 7) is 6.34. The van der Waals surface area contributed by atoms with Crippen LogP contribution >= 0.6 is 0 Å². The molecule has 1 aliphatic rings. The van der Waals surface area contributed by atoms with Crippen LogP contribution in [-0.2, 0) is 6.42 Å². The predicted molar refractivity (Wildman–Crippen MR) is 87.1 cm³/mol. The number of para-hydroxylation sites is 1. The van der Waals surface area contributed by atoms with Crippen molar-refractivity contribution < 1.29 is 0 Å². The number of nitrogens with one attached hydrogen (secondary N) is 1. The number of rotatable bonds is 4. The smallest absolute Gasteiger partial charge is 0.154 e. The molecule has 1 aromatic carbocycles. The van der Waals surface area contributed by atoms with E-state index in [-0.39, 0.29) is 0 Å². The molecule has 0 saturated heterocycles. The van der Waals surface area contributed by atoms with Gasteiger partial charge in [0.05, 0.1) is 12.4 Å². The van der Waals surface area contributed by atoms with E-state index in [9.17, 15) is 0 Å². The molecule has 1 N–H and O–H groups in total. The van der Waals surface area contributed by atoms with Crippen LogP contribution in [0.15, 0.2) is 36.7 Å². The monoisotopic (exact) mass is 282 g/mol. The third kappa shape index (κ3) is 2.99. The van der Waals surface area contributed by atoms with Crippen molar-refractivity contribution in [2.24, 2.45) is 5.92 Å². The van der Waals surface area contributed by atoms with E-state index in [2.05, 4.69) is 53.3 Å². The summed E-state index contributed by atoms with van der Waals surface area (Å²) in [6, 6.07) is 8.59. The van der Waals surface area contributed by atoms with Crippen molar-refractivity contribution in [1.82, 2.24) is 9.97 Å². The van der Waals surface area contributed by atoms with Gasteiger partial charge in [-0.2, -0.15) is 0 Å². The Morgan fingerprint density at radius 2 is 2.14 bits per heavy atom. The van der Waals surface area contributed by atoms with Crippen molar-refractivity contribution in [3.05, 3.63) is 42.2 Å². The predicted octanol–water partition coefficient (Wildman–Crippen LogP) is 3.63. The van der Waals surface area contributed by atoms with Gasteiger partial charge in [-0.05, 0) is 30.4 Å². The second-order valence-electron chi connectivity index (χ2n) is 5.74. The molecule has 1 unspecified atom stereocenters. The maximum Gasteiger partial charge on any atom is 0.154 e. The van der Waals surface area contributed by atoms with Crippen LogP contribution in [0.2, 0.25) is 0 Å². The van der Waals surface area contributed by atoms with Gasteiger partial charge < -0.3 is 10.2 Å². The fourth-order valence-electron chi connectivity index (χ4n) is 2.84. The van der Waals surface area contributed by atoms with Crippen LogP contribution < -0.4 is 10.2 Å². The number of aromatic nitrogens is 2. The van der Waals surface area contributed by atoms with E-state index in [1.807, 2.05) is 6.20 Å². The minimum absolute atomic E-state index is 0.619. The summed E-state index contributed by atoms with van der Waals surface area (Å²) in [7, 11) is 0. The van der Waals surface area contributed by atoms with Gasteiger partial charge >= 0.3 is 0 Å². The Morgan fingerprint density at radius 1 is 1.29 bits per heavy atom. The van der Waals surface area contributed by atoms with Crippen LogP contribution in [0.5, 0.6) is 0 Å². The van der Waals surface area contributed by atoms with Gasteiger partial charge in [-0.1, -0.05) is 32.0 Å². The van der Waals surface area contributed by atoms with Crippen LogP contribution in [-0.4, -0.2) is 23.1 Å². The molecule has 4 nitrogen and oxygen atoms in total. The van der Waals surface area contributed by atoms with Gasteiger partial charge in [-0.25, -0.2) is 4.98 Å². The molecule has 0 aliphatic carbocycles. The van der Waals surface area contributed by atoms with E-state index >= 15 is 0 Å². The lowest BCUT2D eigenvalue weighted by Gasteiger charge is -2.33. The fourth-order valence-corrected chi connectivity index (χ4v) is 2.84. The Bertz CT molecular complexity index is 611. The average Bonchev–Trinajstić information content (AvgIpc) is 2.52. The zero-order valence-corrected chi connectivity index (χ0v) is 12.7. The Hall–Kier alpha value is -2.10. The molecule has 1 atom stereocenters. The fraction of sp³-hybridized carbons (Fsp3) is 0.412. The van der Waals surface area contributed by atoms with Crippen molar-refractivity contribution in [3.8, 4) is 0 Å². The Balaban J connectivity index is 1.93. The van der Waals surface area contributed by atoms with Crippen molar-refractivity contribution in [2.75, 3.05) is 23.3 Å². The molecule has 0 fully saturated rings. The van der Waals surface area contributed by atoms with Gasteiger partial charge in [0.2, 0.25) is 0 Å². The zero-order valence-electron chi connectivity index (χ0n) is 12.7. The Kier molecular flexibility index (Phi) is 4.04. The van der Waals surface area contributed by atoms with Crippen molar-refractivity contribution in [1.29, 1.82) is 0 Å². The molecule has 0 amide bonds. The maximum atomic E-state index is 4.72. The topological polar surface area (TPSA) is 41.1 Å². The molecule has 0 radical (unpaired) electrons. The minimum Gasteiger partial charge on any atom is -0.369 e. The zero-order chi connectivity index (χ0) is 14.7. The number of nitrogens with zero attached hydrogens (tertiary/aromatic N) is 3. The first-order valence-electron chi connectivity index (χ1n) is 7.69. The second kappa shape index (κ2) is 6.12. The summed E-state index contributed by atoms with van der Waals surface area (Å²) in [5, 5.41) is 3.31. The highest BCUT2D eigenvalue weighted by Crippen LogP contribution is 2.34. The normalized spacial score (nSPS) is 17.4. The summed E-state index contributed by atoms with van der Waals surface area (Å²) in [5.74, 6) is 2.40. The molecule has 0 bridgehead atoms. The van der Waals surface area contributed by atoms with E-state index in [1.54, 1.807) is 6.20 Å². The van der Waals surface area contributed by atoms with Crippen LogP contribution in [0, 0.1) is 5.92 Å². The van der Waals surface area contributed by atoms with Gasteiger partial charge in [-0.15, -0.1) is 0 Å². The highest BCUT2D eigenvalue weighted by molar-refractivity contribution is 5.65. The van der Waals surface area contributed by atoms with Crippen molar-refractivity contribution in [3.63, 3.8) is 0 Å². The summed E-state index contributed by atoms with van der Waals surface area (Å²) < 4.78 is 0. The van der Waals surface area contributed by atoms with E-state index in [0.717, 1.165) is 37.6 Å². The van der Waals surface area contributed by atoms with Crippen molar-refractivity contribution >= 4 is 17.3 Å². The molecular formula is C17H22N4. The molecular weight excluding hydrogens is 260 g/mol. The SMILES string of the molecule is CCCNc1cncc(N2CC(C)Cc3ccccc32)n1. The molecule has 3 rings (SSSR count). The summed E-state index contributed by atoms with van der Waals surface area (Å²) in [4.78, 5) is 11.3. The summed E-state index contributed by atoms with van der Waals surface area (Å²) >= 11 is 0. The molecule has 0 saturated carbocycles. The van der Waals surface area contributed by atoms with Crippen LogP contribution in [0.3, 0.4) is 0 Å². The number of benzene rings is 1. The first-order chi connectivity index (χ1) is 10.3. The lowest BCUT2D eigenvalue weighted by molar-refractivity contribution is 0.560. The van der Waals surface area contributed by atoms with Crippen LogP contribution in [0.4, 0.5) is 17.3 Å². The number of hydrogen-bond acceptors (Lipinski definition) is 4. The van der Waals surface area contributed by atoms with E-state index in [1.165, 1.54) is 11.3 Å². The quantitative estimate of drug-likeness (QED) is 0.929. The number of fused-ring (bicyclic) bond motifs is 1.